The van der Waals surface area contributed by atoms with Crippen LogP contribution in [-0.4, -0.2) is 46.2 Å². The first-order valence-corrected chi connectivity index (χ1v) is 9.93. The van der Waals surface area contributed by atoms with Crippen molar-refractivity contribution in [3.63, 3.8) is 0 Å². The second-order valence-corrected chi connectivity index (χ2v) is 6.84. The van der Waals surface area contributed by atoms with Gasteiger partial charge in [-0.25, -0.2) is 4.79 Å². The molecule has 29 heavy (non-hydrogen) atoms. The average molecular weight is 396 g/mol. The summed E-state index contributed by atoms with van der Waals surface area (Å²) in [5.41, 5.74) is 1.92. The number of benzene rings is 2. The van der Waals surface area contributed by atoms with Crippen molar-refractivity contribution >= 4 is 22.6 Å². The number of nitrogens with zero attached hydrogens (tertiary/aromatic N) is 3. The van der Waals surface area contributed by atoms with Gasteiger partial charge in [-0.2, -0.15) is 0 Å². The molecule has 0 unspecified atom stereocenters. The number of amides is 1. The van der Waals surface area contributed by atoms with Crippen molar-refractivity contribution in [1.82, 2.24) is 14.0 Å². The Morgan fingerprint density at radius 2 is 1.69 bits per heavy atom. The number of carbonyl (C=O) groups is 1. The molecule has 2 aromatic carbocycles. The minimum Gasteiger partial charge on any atom is -0.490 e. The van der Waals surface area contributed by atoms with Crippen molar-refractivity contribution in [2.24, 2.45) is 7.05 Å². The van der Waals surface area contributed by atoms with Gasteiger partial charge in [-0.1, -0.05) is 38.1 Å². The Morgan fingerprint density at radius 1 is 1.03 bits per heavy atom. The summed E-state index contributed by atoms with van der Waals surface area (Å²) < 4.78 is 8.92. The van der Waals surface area contributed by atoms with Crippen LogP contribution >= 0.6 is 0 Å². The molecule has 1 amide bonds. The predicted octanol–water partition coefficient (Wildman–Crippen LogP) is 2.70. The highest BCUT2D eigenvalue weighted by atomic mass is 16.5. The lowest BCUT2D eigenvalue weighted by Crippen LogP contribution is -2.29. The number of likely N-dealkylation sites (N-methyl/N-ethyl adjacent to an activating group) is 1. The molecule has 0 spiro atoms. The molecule has 1 aromatic heterocycles. The van der Waals surface area contributed by atoms with Gasteiger partial charge in [0.15, 0.2) is 0 Å². The average Bonchev–Trinajstić information content (AvgIpc) is 2.97. The molecule has 0 saturated heterocycles. The Morgan fingerprint density at radius 3 is 2.41 bits per heavy atom. The Balaban J connectivity index is 1.71. The largest absolute Gasteiger partial charge is 0.490 e. The normalized spacial score (nSPS) is 11.2. The molecule has 154 valence electrons. The zero-order chi connectivity index (χ0) is 20.8. The lowest BCUT2D eigenvalue weighted by Gasteiger charge is -2.19. The molecule has 0 aliphatic rings. The van der Waals surface area contributed by atoms with E-state index >= 15 is 0 Å². The summed E-state index contributed by atoms with van der Waals surface area (Å²) in [5.74, 6) is 0.349. The molecule has 1 heterocycles. The zero-order valence-electron chi connectivity index (χ0n) is 17.2. The lowest BCUT2D eigenvalue weighted by atomic mass is 10.3. The number of aryl methyl sites for hydroxylation is 1. The summed E-state index contributed by atoms with van der Waals surface area (Å²) in [6.07, 6.45) is 0. The van der Waals surface area contributed by atoms with Crippen LogP contribution in [0.25, 0.3) is 11.0 Å². The number of fused-ring (bicyclic) bond motifs is 1. The fraction of sp³-hybridized carbons (Fsp3) is 0.364. The standard InChI is InChI=1S/C22H28N4O3/c1-4-25(5-2)14-15-29-20-13-9-6-10-17(20)23-21(27)16-26-19-12-8-7-11-18(19)24(3)22(26)28/h6-13H,4-5,14-16H2,1-3H3,(H,23,27). The van der Waals surface area contributed by atoms with Crippen molar-refractivity contribution in [1.29, 1.82) is 0 Å². The number of anilines is 1. The zero-order valence-corrected chi connectivity index (χ0v) is 17.2. The second-order valence-electron chi connectivity index (χ2n) is 6.84. The van der Waals surface area contributed by atoms with Crippen molar-refractivity contribution in [2.75, 3.05) is 31.6 Å². The van der Waals surface area contributed by atoms with Gasteiger partial charge >= 0.3 is 5.69 Å². The fourth-order valence-corrected chi connectivity index (χ4v) is 3.37. The number of rotatable bonds is 9. The predicted molar refractivity (Wildman–Crippen MR) is 116 cm³/mol. The van der Waals surface area contributed by atoms with Gasteiger partial charge in [0.05, 0.1) is 16.7 Å². The maximum Gasteiger partial charge on any atom is 0.329 e. The Labute approximate surface area is 170 Å². The second kappa shape index (κ2) is 9.43. The monoisotopic (exact) mass is 396 g/mol. The van der Waals surface area contributed by atoms with E-state index in [2.05, 4.69) is 24.1 Å². The van der Waals surface area contributed by atoms with Gasteiger partial charge in [0.1, 0.15) is 18.9 Å². The molecular weight excluding hydrogens is 368 g/mol. The number of carbonyl (C=O) groups excluding carboxylic acids is 1. The third kappa shape index (κ3) is 4.68. The van der Waals surface area contributed by atoms with E-state index in [0.29, 0.717) is 18.0 Å². The molecule has 0 aliphatic carbocycles. The lowest BCUT2D eigenvalue weighted by molar-refractivity contribution is -0.116. The molecule has 1 N–H and O–H groups in total. The highest BCUT2D eigenvalue weighted by molar-refractivity contribution is 5.93. The number of aromatic nitrogens is 2. The Kier molecular flexibility index (Phi) is 6.72. The van der Waals surface area contributed by atoms with E-state index in [9.17, 15) is 9.59 Å². The van der Waals surface area contributed by atoms with Gasteiger partial charge in [-0.05, 0) is 37.4 Å². The van der Waals surface area contributed by atoms with Gasteiger partial charge in [-0.3, -0.25) is 13.9 Å². The van der Waals surface area contributed by atoms with Crippen molar-refractivity contribution in [3.05, 3.63) is 59.0 Å². The van der Waals surface area contributed by atoms with E-state index in [1.54, 1.807) is 17.7 Å². The minimum absolute atomic E-state index is 0.0615. The molecular formula is C22H28N4O3. The van der Waals surface area contributed by atoms with E-state index in [1.165, 1.54) is 4.57 Å². The smallest absolute Gasteiger partial charge is 0.329 e. The molecule has 0 bridgehead atoms. The fourth-order valence-electron chi connectivity index (χ4n) is 3.37. The van der Waals surface area contributed by atoms with Crippen LogP contribution in [0.4, 0.5) is 5.69 Å². The molecule has 0 fully saturated rings. The molecule has 3 aromatic rings. The number of nitrogens with one attached hydrogen (secondary N) is 1. The minimum atomic E-state index is -0.275. The van der Waals surface area contributed by atoms with E-state index in [0.717, 1.165) is 30.7 Å². The SMILES string of the molecule is CCN(CC)CCOc1ccccc1NC(=O)Cn1c(=O)n(C)c2ccccc21. The molecule has 3 rings (SSSR count). The molecule has 7 nitrogen and oxygen atoms in total. The highest BCUT2D eigenvalue weighted by Gasteiger charge is 2.14. The number of ether oxygens (including phenoxy) is 1. The summed E-state index contributed by atoms with van der Waals surface area (Å²) in [4.78, 5) is 27.5. The molecule has 0 atom stereocenters. The first kappa shape index (κ1) is 20.7. The van der Waals surface area contributed by atoms with Gasteiger partial charge < -0.3 is 15.0 Å². The quantitative estimate of drug-likeness (QED) is 0.604. The van der Waals surface area contributed by atoms with Crippen molar-refractivity contribution in [3.8, 4) is 5.75 Å². The molecule has 7 heteroatoms. The maximum absolute atomic E-state index is 12.7. The molecule has 0 saturated carbocycles. The third-order valence-electron chi connectivity index (χ3n) is 5.07. The van der Waals surface area contributed by atoms with Crippen LogP contribution in [0.3, 0.4) is 0 Å². The summed E-state index contributed by atoms with van der Waals surface area (Å²) >= 11 is 0. The third-order valence-corrected chi connectivity index (χ3v) is 5.07. The van der Waals surface area contributed by atoms with Gasteiger partial charge in [0.2, 0.25) is 5.91 Å². The number of hydrogen-bond donors (Lipinski definition) is 1. The van der Waals surface area contributed by atoms with Gasteiger partial charge in [0, 0.05) is 13.6 Å². The van der Waals surface area contributed by atoms with Crippen LogP contribution in [0.2, 0.25) is 0 Å². The van der Waals surface area contributed by atoms with E-state index < -0.39 is 0 Å². The van der Waals surface area contributed by atoms with Crippen molar-refractivity contribution in [2.45, 2.75) is 20.4 Å². The molecule has 0 aliphatic heterocycles. The maximum atomic E-state index is 12.7. The van der Waals surface area contributed by atoms with Gasteiger partial charge in [-0.15, -0.1) is 0 Å². The van der Waals surface area contributed by atoms with Crippen molar-refractivity contribution < 1.29 is 9.53 Å². The van der Waals surface area contributed by atoms with E-state index in [-0.39, 0.29) is 18.1 Å². The van der Waals surface area contributed by atoms with Crippen LogP contribution < -0.4 is 15.7 Å². The Hall–Kier alpha value is -3.06. The van der Waals surface area contributed by atoms with Crippen LogP contribution in [0.1, 0.15) is 13.8 Å². The summed E-state index contributed by atoms with van der Waals surface area (Å²) in [6, 6.07) is 14.8. The first-order valence-electron chi connectivity index (χ1n) is 9.93. The molecule has 0 radical (unpaired) electrons. The van der Waals surface area contributed by atoms with Crippen LogP contribution in [0, 0.1) is 0 Å². The Bertz CT molecular complexity index is 1030. The number of imidazole rings is 1. The van der Waals surface area contributed by atoms with E-state index in [4.69, 9.17) is 4.74 Å². The summed E-state index contributed by atoms with van der Waals surface area (Å²) in [6.45, 7) is 7.47. The van der Waals surface area contributed by atoms with E-state index in [1.807, 2.05) is 42.5 Å². The topological polar surface area (TPSA) is 68.5 Å². The van der Waals surface area contributed by atoms with Gasteiger partial charge in [0.25, 0.3) is 0 Å². The van der Waals surface area contributed by atoms with Crippen LogP contribution in [0.5, 0.6) is 5.75 Å². The summed E-state index contributed by atoms with van der Waals surface area (Å²) in [5, 5.41) is 2.88. The first-order chi connectivity index (χ1) is 14.0. The number of para-hydroxylation sites is 4. The highest BCUT2D eigenvalue weighted by Crippen LogP contribution is 2.24. The van der Waals surface area contributed by atoms with Crippen LogP contribution in [0.15, 0.2) is 53.3 Å². The van der Waals surface area contributed by atoms with Crippen LogP contribution in [-0.2, 0) is 18.4 Å². The summed E-state index contributed by atoms with van der Waals surface area (Å²) in [7, 11) is 1.71. The number of hydrogen-bond acceptors (Lipinski definition) is 4.